The standard InChI is InChI=1S/C22H27NO6/c1-15(2)23(21(26)29-14-16-9-7-6-8-10-16)22(3,20(24)25)17-11-12-18(27-4)19(13-17)28-5/h6-13,15H,14H2,1-5H3,(H,24,25). The molecule has 156 valence electrons. The van der Waals surface area contributed by atoms with Gasteiger partial charge in [-0.1, -0.05) is 36.4 Å². The van der Waals surface area contributed by atoms with Gasteiger partial charge in [-0.15, -0.1) is 0 Å². The van der Waals surface area contributed by atoms with Crippen molar-refractivity contribution in [2.75, 3.05) is 14.2 Å². The molecule has 1 atom stereocenters. The first-order valence-electron chi connectivity index (χ1n) is 9.21. The van der Waals surface area contributed by atoms with Gasteiger partial charge in [0.05, 0.1) is 14.2 Å². The Labute approximate surface area is 170 Å². The van der Waals surface area contributed by atoms with Gasteiger partial charge in [-0.05, 0) is 44.0 Å². The number of hydrogen-bond donors (Lipinski definition) is 1. The maximum atomic E-state index is 12.9. The molecule has 0 saturated heterocycles. The summed E-state index contributed by atoms with van der Waals surface area (Å²) in [6.07, 6.45) is -0.719. The number of nitrogens with zero attached hydrogens (tertiary/aromatic N) is 1. The van der Waals surface area contributed by atoms with Crippen molar-refractivity contribution in [1.82, 2.24) is 4.90 Å². The summed E-state index contributed by atoms with van der Waals surface area (Å²) in [6.45, 7) is 5.00. The van der Waals surface area contributed by atoms with Gasteiger partial charge in [0.25, 0.3) is 0 Å². The monoisotopic (exact) mass is 401 g/mol. The van der Waals surface area contributed by atoms with Crippen LogP contribution in [0.1, 0.15) is 31.9 Å². The quantitative estimate of drug-likeness (QED) is 0.718. The second-order valence-corrected chi connectivity index (χ2v) is 6.95. The summed E-state index contributed by atoms with van der Waals surface area (Å²) in [5.41, 5.74) is -0.498. The van der Waals surface area contributed by atoms with Crippen LogP contribution < -0.4 is 9.47 Å². The molecular weight excluding hydrogens is 374 g/mol. The largest absolute Gasteiger partial charge is 0.493 e. The molecular formula is C22H27NO6. The van der Waals surface area contributed by atoms with Crippen LogP contribution in [0.3, 0.4) is 0 Å². The van der Waals surface area contributed by atoms with Gasteiger partial charge in [-0.25, -0.2) is 9.59 Å². The third kappa shape index (κ3) is 4.62. The van der Waals surface area contributed by atoms with Gasteiger partial charge < -0.3 is 19.3 Å². The summed E-state index contributed by atoms with van der Waals surface area (Å²) in [6, 6.07) is 13.6. The van der Waals surface area contributed by atoms with Gasteiger partial charge >= 0.3 is 12.1 Å². The average molecular weight is 401 g/mol. The number of ether oxygens (including phenoxy) is 3. The van der Waals surface area contributed by atoms with Crippen molar-refractivity contribution in [3.63, 3.8) is 0 Å². The molecule has 0 aliphatic heterocycles. The smallest absolute Gasteiger partial charge is 0.411 e. The normalized spacial score (nSPS) is 12.8. The number of aliphatic carboxylic acids is 1. The molecule has 2 aromatic carbocycles. The van der Waals surface area contributed by atoms with Crippen LogP contribution in [0.2, 0.25) is 0 Å². The van der Waals surface area contributed by atoms with E-state index in [1.807, 2.05) is 30.3 Å². The van der Waals surface area contributed by atoms with Crippen LogP contribution in [0.15, 0.2) is 48.5 Å². The lowest BCUT2D eigenvalue weighted by Crippen LogP contribution is -2.55. The number of hydrogen-bond acceptors (Lipinski definition) is 5. The van der Waals surface area contributed by atoms with E-state index in [2.05, 4.69) is 0 Å². The van der Waals surface area contributed by atoms with Gasteiger partial charge in [0, 0.05) is 6.04 Å². The fourth-order valence-corrected chi connectivity index (χ4v) is 3.20. The van der Waals surface area contributed by atoms with Crippen molar-refractivity contribution in [3.8, 4) is 11.5 Å². The topological polar surface area (TPSA) is 85.3 Å². The number of rotatable bonds is 8. The van der Waals surface area contributed by atoms with E-state index in [0.29, 0.717) is 17.1 Å². The summed E-state index contributed by atoms with van der Waals surface area (Å²) in [7, 11) is 2.96. The van der Waals surface area contributed by atoms with Crippen LogP contribution in [0, 0.1) is 0 Å². The van der Waals surface area contributed by atoms with Crippen molar-refractivity contribution in [1.29, 1.82) is 0 Å². The Bertz CT molecular complexity index is 852. The summed E-state index contributed by atoms with van der Waals surface area (Å²) >= 11 is 0. The number of carboxylic acid groups (broad SMARTS) is 1. The first-order chi connectivity index (χ1) is 13.7. The second kappa shape index (κ2) is 9.32. The SMILES string of the molecule is COc1ccc(C(C)(C(=O)O)N(C(=O)OCc2ccccc2)C(C)C)cc1OC. The Morgan fingerprint density at radius 2 is 1.66 bits per heavy atom. The van der Waals surface area contributed by atoms with E-state index in [9.17, 15) is 14.7 Å². The molecule has 2 aromatic rings. The molecule has 0 radical (unpaired) electrons. The molecule has 29 heavy (non-hydrogen) atoms. The molecule has 0 spiro atoms. The fourth-order valence-electron chi connectivity index (χ4n) is 3.20. The van der Waals surface area contributed by atoms with Crippen molar-refractivity contribution in [2.45, 2.75) is 39.0 Å². The van der Waals surface area contributed by atoms with E-state index >= 15 is 0 Å². The third-order valence-electron chi connectivity index (χ3n) is 4.76. The molecule has 1 unspecified atom stereocenters. The van der Waals surface area contributed by atoms with E-state index < -0.39 is 23.6 Å². The maximum absolute atomic E-state index is 12.9. The Morgan fingerprint density at radius 3 is 2.17 bits per heavy atom. The predicted octanol–water partition coefficient (Wildman–Crippen LogP) is 4.05. The molecule has 1 N–H and O–H groups in total. The molecule has 2 rings (SSSR count). The van der Waals surface area contributed by atoms with E-state index in [1.165, 1.54) is 26.0 Å². The molecule has 1 amide bonds. The number of carbonyl (C=O) groups excluding carboxylic acids is 1. The van der Waals surface area contributed by atoms with Crippen LogP contribution >= 0.6 is 0 Å². The molecule has 0 heterocycles. The zero-order valence-corrected chi connectivity index (χ0v) is 17.3. The number of carbonyl (C=O) groups is 2. The number of benzene rings is 2. The minimum absolute atomic E-state index is 0.0462. The van der Waals surface area contributed by atoms with E-state index in [1.54, 1.807) is 32.0 Å². The van der Waals surface area contributed by atoms with Crippen LogP contribution in [0.5, 0.6) is 11.5 Å². The highest BCUT2D eigenvalue weighted by Gasteiger charge is 2.46. The first kappa shape index (κ1) is 22.1. The van der Waals surface area contributed by atoms with E-state index in [-0.39, 0.29) is 6.61 Å². The van der Waals surface area contributed by atoms with Crippen molar-refractivity contribution in [3.05, 3.63) is 59.7 Å². The molecule has 0 aliphatic carbocycles. The van der Waals surface area contributed by atoms with Gasteiger partial charge in [-0.3, -0.25) is 4.90 Å². The highest BCUT2D eigenvalue weighted by atomic mass is 16.6. The third-order valence-corrected chi connectivity index (χ3v) is 4.76. The summed E-state index contributed by atoms with van der Waals surface area (Å²) in [5.74, 6) is -0.347. The lowest BCUT2D eigenvalue weighted by molar-refractivity contribution is -0.151. The highest BCUT2D eigenvalue weighted by Crippen LogP contribution is 2.37. The Balaban J connectivity index is 2.42. The number of carboxylic acids is 1. The fraction of sp³-hybridized carbons (Fsp3) is 0.364. The van der Waals surface area contributed by atoms with Gasteiger partial charge in [0.15, 0.2) is 17.0 Å². The van der Waals surface area contributed by atoms with Gasteiger partial charge in [-0.2, -0.15) is 0 Å². The first-order valence-corrected chi connectivity index (χ1v) is 9.21. The van der Waals surface area contributed by atoms with Crippen molar-refractivity contribution < 1.29 is 28.9 Å². The molecule has 0 saturated carbocycles. The lowest BCUT2D eigenvalue weighted by atomic mass is 9.88. The molecule has 7 nitrogen and oxygen atoms in total. The molecule has 7 heteroatoms. The number of methoxy groups -OCH3 is 2. The second-order valence-electron chi connectivity index (χ2n) is 6.95. The summed E-state index contributed by atoms with van der Waals surface area (Å²) < 4.78 is 16.0. The minimum atomic E-state index is -1.68. The van der Waals surface area contributed by atoms with E-state index in [0.717, 1.165) is 5.56 Å². The zero-order valence-electron chi connectivity index (χ0n) is 17.3. The van der Waals surface area contributed by atoms with Gasteiger partial charge in [0.1, 0.15) is 6.61 Å². The van der Waals surface area contributed by atoms with Crippen molar-refractivity contribution >= 4 is 12.1 Å². The Kier molecular flexibility index (Phi) is 7.09. The predicted molar refractivity (Wildman–Crippen MR) is 108 cm³/mol. The molecule has 0 aromatic heterocycles. The molecule has 0 bridgehead atoms. The maximum Gasteiger partial charge on any atom is 0.411 e. The summed E-state index contributed by atoms with van der Waals surface area (Å²) in [4.78, 5) is 26.5. The van der Waals surface area contributed by atoms with Crippen LogP contribution in [0.25, 0.3) is 0 Å². The highest BCUT2D eigenvalue weighted by molar-refractivity contribution is 5.86. The summed E-state index contributed by atoms with van der Waals surface area (Å²) in [5, 5.41) is 10.1. The van der Waals surface area contributed by atoms with E-state index in [4.69, 9.17) is 14.2 Å². The number of amides is 1. The van der Waals surface area contributed by atoms with Crippen LogP contribution in [-0.2, 0) is 21.7 Å². The van der Waals surface area contributed by atoms with Gasteiger partial charge in [0.2, 0.25) is 0 Å². The Morgan fingerprint density at radius 1 is 1.03 bits per heavy atom. The van der Waals surface area contributed by atoms with Crippen LogP contribution in [-0.4, -0.2) is 42.3 Å². The molecule has 0 fully saturated rings. The average Bonchev–Trinajstić information content (AvgIpc) is 2.71. The van der Waals surface area contributed by atoms with Crippen molar-refractivity contribution in [2.24, 2.45) is 0 Å². The molecule has 0 aliphatic rings. The lowest BCUT2D eigenvalue weighted by Gasteiger charge is -2.40. The zero-order chi connectivity index (χ0) is 21.6. The Hall–Kier alpha value is -3.22. The minimum Gasteiger partial charge on any atom is -0.493 e. The van der Waals surface area contributed by atoms with Crippen LogP contribution in [0.4, 0.5) is 4.79 Å².